The van der Waals surface area contributed by atoms with Gasteiger partial charge in [-0.1, -0.05) is 25.8 Å². The van der Waals surface area contributed by atoms with Crippen molar-refractivity contribution < 1.29 is 9.53 Å². The molecule has 1 saturated heterocycles. The van der Waals surface area contributed by atoms with Gasteiger partial charge in [-0.05, 0) is 99.5 Å². The molecule has 0 spiro atoms. The Kier molecular flexibility index (Phi) is 7.09. The third kappa shape index (κ3) is 4.49. The molecular formula is C29H48N2O2. The van der Waals surface area contributed by atoms with Crippen LogP contribution in [-0.2, 0) is 9.53 Å². The van der Waals surface area contributed by atoms with E-state index >= 15 is 0 Å². The van der Waals surface area contributed by atoms with E-state index in [1.165, 1.54) is 51.5 Å². The van der Waals surface area contributed by atoms with E-state index in [9.17, 15) is 4.79 Å². The predicted molar refractivity (Wildman–Crippen MR) is 134 cm³/mol. The van der Waals surface area contributed by atoms with Gasteiger partial charge in [0.15, 0.2) is 0 Å². The van der Waals surface area contributed by atoms with Crippen LogP contribution in [0.15, 0.2) is 11.1 Å². The van der Waals surface area contributed by atoms with Crippen LogP contribution < -0.4 is 5.32 Å². The molecule has 0 radical (unpaired) electrons. The van der Waals surface area contributed by atoms with Crippen molar-refractivity contribution >= 4 is 5.78 Å². The first-order valence-electron chi connectivity index (χ1n) is 14.1. The van der Waals surface area contributed by atoms with Gasteiger partial charge in [-0.25, -0.2) is 0 Å². The number of hydrogen-bond donors (Lipinski definition) is 1. The summed E-state index contributed by atoms with van der Waals surface area (Å²) in [5.41, 5.74) is 3.69. The van der Waals surface area contributed by atoms with E-state index in [1.807, 2.05) is 0 Å². The van der Waals surface area contributed by atoms with Crippen molar-refractivity contribution in [3.05, 3.63) is 11.1 Å². The van der Waals surface area contributed by atoms with E-state index in [2.05, 4.69) is 38.0 Å². The van der Waals surface area contributed by atoms with E-state index < -0.39 is 0 Å². The van der Waals surface area contributed by atoms with Crippen molar-refractivity contribution in [2.45, 2.75) is 97.1 Å². The molecule has 1 N–H and O–H groups in total. The highest BCUT2D eigenvalue weighted by atomic mass is 16.5. The standard InChI is InChI=1S/C29H48N2O2/c1-19-14-28-27(31(17-19)13-12-30-4)7-5-6-23-24-9-8-21-15-22(32)10-11-29(21,3)26(24)16-25(23)20(2)18-33-28/h19,21,23-24,26-28,30H,5-18H2,1-4H3/b25-20-/t19-,21+,23-,24-,26-,27-,28+,29-/m0/s1. The molecule has 3 aliphatic carbocycles. The van der Waals surface area contributed by atoms with Crippen LogP contribution in [0.3, 0.4) is 0 Å². The first-order valence-corrected chi connectivity index (χ1v) is 14.1. The van der Waals surface area contributed by atoms with Crippen molar-refractivity contribution in [3.8, 4) is 0 Å². The van der Waals surface area contributed by atoms with Gasteiger partial charge in [0.25, 0.3) is 0 Å². The Morgan fingerprint density at radius 2 is 2.03 bits per heavy atom. The molecule has 2 aliphatic heterocycles. The number of ketones is 1. The van der Waals surface area contributed by atoms with Gasteiger partial charge in [0.05, 0.1) is 12.7 Å². The van der Waals surface area contributed by atoms with Crippen LogP contribution in [0.4, 0.5) is 0 Å². The lowest BCUT2D eigenvalue weighted by atomic mass is 9.52. The molecule has 4 fully saturated rings. The minimum absolute atomic E-state index is 0.380. The number of hydrogen-bond acceptors (Lipinski definition) is 4. The lowest BCUT2D eigenvalue weighted by Crippen LogP contribution is -2.53. The zero-order chi connectivity index (χ0) is 23.2. The molecule has 0 bridgehead atoms. The number of piperidine rings is 1. The summed E-state index contributed by atoms with van der Waals surface area (Å²) in [4.78, 5) is 15.0. The van der Waals surface area contributed by atoms with Gasteiger partial charge >= 0.3 is 0 Å². The van der Waals surface area contributed by atoms with Crippen molar-refractivity contribution in [1.29, 1.82) is 0 Å². The summed E-state index contributed by atoms with van der Waals surface area (Å²) in [6.45, 7) is 11.6. The van der Waals surface area contributed by atoms with Gasteiger partial charge in [0, 0.05) is 38.5 Å². The molecule has 4 nitrogen and oxygen atoms in total. The maximum Gasteiger partial charge on any atom is 0.133 e. The topological polar surface area (TPSA) is 41.6 Å². The van der Waals surface area contributed by atoms with Crippen molar-refractivity contribution in [2.75, 3.05) is 33.3 Å². The number of carbonyl (C=O) groups is 1. The lowest BCUT2D eigenvalue weighted by molar-refractivity contribution is -0.129. The molecule has 0 unspecified atom stereocenters. The van der Waals surface area contributed by atoms with Gasteiger partial charge in [-0.15, -0.1) is 0 Å². The second-order valence-corrected chi connectivity index (χ2v) is 12.7. The largest absolute Gasteiger partial charge is 0.372 e. The highest BCUT2D eigenvalue weighted by Gasteiger charge is 2.55. The summed E-state index contributed by atoms with van der Waals surface area (Å²) in [6, 6.07) is 0.582. The van der Waals surface area contributed by atoms with Crippen LogP contribution in [0.5, 0.6) is 0 Å². The molecule has 5 aliphatic rings. The van der Waals surface area contributed by atoms with E-state index in [0.717, 1.165) is 56.7 Å². The number of rotatable bonds is 3. The van der Waals surface area contributed by atoms with Crippen LogP contribution in [-0.4, -0.2) is 56.1 Å². The van der Waals surface area contributed by atoms with Gasteiger partial charge in [-0.3, -0.25) is 9.69 Å². The summed E-state index contributed by atoms with van der Waals surface area (Å²) in [5.74, 6) is 4.26. The summed E-state index contributed by atoms with van der Waals surface area (Å²) in [7, 11) is 2.07. The quantitative estimate of drug-likeness (QED) is 0.591. The van der Waals surface area contributed by atoms with Crippen molar-refractivity contribution in [1.82, 2.24) is 10.2 Å². The van der Waals surface area contributed by atoms with Gasteiger partial charge in [0.2, 0.25) is 0 Å². The first kappa shape index (κ1) is 24.0. The first-order chi connectivity index (χ1) is 15.9. The third-order valence-corrected chi connectivity index (χ3v) is 10.8. The zero-order valence-corrected chi connectivity index (χ0v) is 21.7. The average molecular weight is 457 g/mol. The number of likely N-dealkylation sites (N-methyl/N-ethyl adjacent to an activating group) is 1. The van der Waals surface area contributed by atoms with E-state index in [4.69, 9.17) is 4.74 Å². The van der Waals surface area contributed by atoms with Crippen LogP contribution in [0.2, 0.25) is 0 Å². The molecule has 8 atom stereocenters. The van der Waals surface area contributed by atoms with Crippen LogP contribution in [0, 0.1) is 35.0 Å². The highest BCUT2D eigenvalue weighted by Crippen LogP contribution is 2.63. The van der Waals surface area contributed by atoms with Gasteiger partial charge in [0.1, 0.15) is 5.78 Å². The number of fused-ring (bicyclic) bond motifs is 6. The molecule has 0 aromatic heterocycles. The smallest absolute Gasteiger partial charge is 0.133 e. The van der Waals surface area contributed by atoms with E-state index in [-0.39, 0.29) is 0 Å². The summed E-state index contributed by atoms with van der Waals surface area (Å²) in [5, 5.41) is 3.36. The summed E-state index contributed by atoms with van der Waals surface area (Å²) in [6.07, 6.45) is 12.3. The Balaban J connectivity index is 1.37. The predicted octanol–water partition coefficient (Wildman–Crippen LogP) is 5.22. The van der Waals surface area contributed by atoms with Crippen LogP contribution in [0.1, 0.15) is 85.0 Å². The second-order valence-electron chi connectivity index (χ2n) is 12.7. The van der Waals surface area contributed by atoms with Crippen LogP contribution >= 0.6 is 0 Å². The molecular weight excluding hydrogens is 408 g/mol. The molecule has 0 aromatic carbocycles. The Morgan fingerprint density at radius 1 is 1.18 bits per heavy atom. The average Bonchev–Trinajstić information content (AvgIpc) is 3.17. The number of Topliss-reactive ketones (excluding diaryl/α,β-unsaturated/α-hetero) is 1. The molecule has 4 heteroatoms. The van der Waals surface area contributed by atoms with Crippen molar-refractivity contribution in [2.24, 2.45) is 35.0 Å². The summed E-state index contributed by atoms with van der Waals surface area (Å²) < 4.78 is 6.76. The number of ether oxygens (including phenoxy) is 1. The molecule has 33 heavy (non-hydrogen) atoms. The highest BCUT2D eigenvalue weighted by molar-refractivity contribution is 5.79. The normalized spacial score (nSPS) is 46.8. The fraction of sp³-hybridized carbons (Fsp3) is 0.897. The molecule has 3 saturated carbocycles. The minimum Gasteiger partial charge on any atom is -0.372 e. The Labute approximate surface area is 202 Å². The maximum absolute atomic E-state index is 12.2. The minimum atomic E-state index is 0.380. The Morgan fingerprint density at radius 3 is 2.85 bits per heavy atom. The molecule has 2 heterocycles. The number of nitrogens with zero attached hydrogens (tertiary/aromatic N) is 1. The maximum atomic E-state index is 12.2. The molecule has 186 valence electrons. The molecule has 0 amide bonds. The Hall–Kier alpha value is -0.710. The number of allylic oxidation sites excluding steroid dienone is 1. The van der Waals surface area contributed by atoms with E-state index in [0.29, 0.717) is 35.2 Å². The lowest BCUT2D eigenvalue weighted by Gasteiger charge is -2.52. The number of likely N-dealkylation sites (tertiary alicyclic amines) is 1. The SMILES string of the molecule is CNCCN1C[C@@H](C)C[C@H]2OC/C(C)=C3/C[C@H]4[C@@H](CC[C@@H]5CC(=O)CC[C@@]54C)[C@@H]3CCC[C@@H]21. The zero-order valence-electron chi connectivity index (χ0n) is 21.7. The Bertz CT molecular complexity index is 763. The number of nitrogens with one attached hydrogen (secondary N) is 1. The second kappa shape index (κ2) is 9.74. The molecule has 0 aromatic rings. The monoisotopic (exact) mass is 456 g/mol. The summed E-state index contributed by atoms with van der Waals surface area (Å²) >= 11 is 0. The fourth-order valence-electron chi connectivity index (χ4n) is 8.95. The molecule has 5 rings (SSSR count). The van der Waals surface area contributed by atoms with Crippen LogP contribution in [0.25, 0.3) is 0 Å². The third-order valence-electron chi connectivity index (χ3n) is 10.8. The van der Waals surface area contributed by atoms with Crippen molar-refractivity contribution in [3.63, 3.8) is 0 Å². The van der Waals surface area contributed by atoms with E-state index in [1.54, 1.807) is 11.1 Å². The fourth-order valence-corrected chi connectivity index (χ4v) is 8.95. The van der Waals surface area contributed by atoms with Gasteiger partial charge < -0.3 is 10.1 Å². The number of carbonyl (C=O) groups excluding carboxylic acids is 1. The van der Waals surface area contributed by atoms with Gasteiger partial charge in [-0.2, -0.15) is 0 Å².